The van der Waals surface area contributed by atoms with Gasteiger partial charge >= 0.3 is 0 Å². The van der Waals surface area contributed by atoms with Crippen LogP contribution in [0.15, 0.2) is 40.9 Å². The molecule has 23 heavy (non-hydrogen) atoms. The molecule has 1 aromatic carbocycles. The number of carbonyl (C=O) groups is 1. The van der Waals surface area contributed by atoms with E-state index in [2.05, 4.69) is 17.3 Å². The Bertz CT molecular complexity index is 796. The van der Waals surface area contributed by atoms with Crippen molar-refractivity contribution in [2.75, 3.05) is 0 Å². The summed E-state index contributed by atoms with van der Waals surface area (Å²) in [7, 11) is 0. The lowest BCUT2D eigenvalue weighted by atomic mass is 10.0. The fourth-order valence-electron chi connectivity index (χ4n) is 3.63. The van der Waals surface area contributed by atoms with Crippen molar-refractivity contribution in [3.8, 4) is 11.3 Å². The number of aryl methyl sites for hydroxylation is 1. The lowest BCUT2D eigenvalue weighted by Gasteiger charge is -2.31. The molecule has 2 aliphatic rings. The van der Waals surface area contributed by atoms with E-state index in [1.807, 2.05) is 23.1 Å². The molecule has 0 spiro atoms. The number of nitrogens with zero attached hydrogens (tertiary/aromatic N) is 2. The number of benzene rings is 1. The van der Waals surface area contributed by atoms with Crippen LogP contribution in [0.3, 0.4) is 0 Å². The van der Waals surface area contributed by atoms with Gasteiger partial charge in [-0.2, -0.15) is 0 Å². The zero-order valence-electron chi connectivity index (χ0n) is 12.8. The quantitative estimate of drug-likeness (QED) is 0.775. The number of rotatable bonds is 2. The van der Waals surface area contributed by atoms with E-state index in [0.29, 0.717) is 22.0 Å². The number of hydrogen-bond acceptors (Lipinski definition) is 3. The maximum atomic E-state index is 13.2. The van der Waals surface area contributed by atoms with Crippen molar-refractivity contribution in [1.29, 1.82) is 0 Å². The first kappa shape index (κ1) is 14.5. The third-order valence-corrected chi connectivity index (χ3v) is 5.08. The van der Waals surface area contributed by atoms with E-state index in [-0.39, 0.29) is 18.0 Å². The highest BCUT2D eigenvalue weighted by molar-refractivity contribution is 6.33. The van der Waals surface area contributed by atoms with Crippen molar-refractivity contribution in [3.63, 3.8) is 0 Å². The van der Waals surface area contributed by atoms with Crippen LogP contribution in [0.5, 0.6) is 0 Å². The van der Waals surface area contributed by atoms with E-state index < -0.39 is 0 Å². The van der Waals surface area contributed by atoms with Crippen LogP contribution in [0.1, 0.15) is 35.4 Å². The minimum atomic E-state index is -0.00415. The Morgan fingerprint density at radius 2 is 2.17 bits per heavy atom. The molecule has 0 aliphatic carbocycles. The summed E-state index contributed by atoms with van der Waals surface area (Å²) >= 11 is 6.28. The second kappa shape index (κ2) is 5.53. The Kier molecular flexibility index (Phi) is 3.49. The molecular formula is C18H17ClN2O2. The Labute approximate surface area is 139 Å². The molecule has 2 atom stereocenters. The van der Waals surface area contributed by atoms with Gasteiger partial charge in [-0.3, -0.25) is 4.79 Å². The molecular weight excluding hydrogens is 312 g/mol. The van der Waals surface area contributed by atoms with Gasteiger partial charge in [-0.1, -0.05) is 47.1 Å². The van der Waals surface area contributed by atoms with Crippen LogP contribution >= 0.6 is 11.6 Å². The molecule has 3 heterocycles. The summed E-state index contributed by atoms with van der Waals surface area (Å²) in [6.07, 6.45) is 7.32. The maximum absolute atomic E-state index is 13.2. The standard InChI is InChI=1S/C18H17ClN2O2/c1-11-16(17(20-23-11)14-7-2-3-8-15(14)19)18(22)21-12-5-4-6-13(21)10-9-12/h2-5,7-8,12-13H,6,9-10H2,1H3. The molecule has 2 aliphatic heterocycles. The first-order chi connectivity index (χ1) is 11.2. The van der Waals surface area contributed by atoms with Crippen LogP contribution < -0.4 is 0 Å². The van der Waals surface area contributed by atoms with Crippen LogP contribution in [0.25, 0.3) is 11.3 Å². The van der Waals surface area contributed by atoms with Gasteiger partial charge in [0.1, 0.15) is 17.0 Å². The van der Waals surface area contributed by atoms with Crippen molar-refractivity contribution >= 4 is 17.5 Å². The fourth-order valence-corrected chi connectivity index (χ4v) is 3.86. The lowest BCUT2D eigenvalue weighted by molar-refractivity contribution is 0.0688. The smallest absolute Gasteiger partial charge is 0.260 e. The molecule has 2 bridgehead atoms. The van der Waals surface area contributed by atoms with Crippen LogP contribution in [0, 0.1) is 6.92 Å². The molecule has 1 saturated heterocycles. The number of hydrogen-bond donors (Lipinski definition) is 0. The van der Waals surface area contributed by atoms with Gasteiger partial charge in [-0.05, 0) is 32.3 Å². The number of carbonyl (C=O) groups excluding carboxylic acids is 1. The summed E-state index contributed by atoms with van der Waals surface area (Å²) in [5.41, 5.74) is 1.80. The molecule has 4 nitrogen and oxygen atoms in total. The zero-order valence-corrected chi connectivity index (χ0v) is 13.6. The van der Waals surface area contributed by atoms with Crippen molar-refractivity contribution in [3.05, 3.63) is 52.8 Å². The molecule has 4 rings (SSSR count). The molecule has 1 aromatic heterocycles. The molecule has 5 heteroatoms. The van der Waals surface area contributed by atoms with Gasteiger partial charge in [0.15, 0.2) is 0 Å². The number of halogens is 1. The van der Waals surface area contributed by atoms with Gasteiger partial charge in [0.05, 0.1) is 11.1 Å². The number of aromatic nitrogens is 1. The van der Waals surface area contributed by atoms with E-state index >= 15 is 0 Å². The van der Waals surface area contributed by atoms with Crippen LogP contribution in [0.4, 0.5) is 0 Å². The lowest BCUT2D eigenvalue weighted by Crippen LogP contribution is -2.42. The summed E-state index contributed by atoms with van der Waals surface area (Å²) < 4.78 is 5.33. The predicted molar refractivity (Wildman–Crippen MR) is 88.4 cm³/mol. The van der Waals surface area contributed by atoms with Crippen molar-refractivity contribution in [1.82, 2.24) is 10.1 Å². The van der Waals surface area contributed by atoms with E-state index in [1.165, 1.54) is 0 Å². The maximum Gasteiger partial charge on any atom is 0.260 e. The topological polar surface area (TPSA) is 46.3 Å². The molecule has 0 N–H and O–H groups in total. The second-order valence-electron chi connectivity index (χ2n) is 6.12. The Morgan fingerprint density at radius 3 is 2.96 bits per heavy atom. The minimum Gasteiger partial charge on any atom is -0.360 e. The van der Waals surface area contributed by atoms with Gasteiger partial charge in [-0.25, -0.2) is 0 Å². The molecule has 118 valence electrons. The molecule has 1 amide bonds. The minimum absolute atomic E-state index is 0.00415. The molecule has 0 saturated carbocycles. The largest absolute Gasteiger partial charge is 0.360 e. The molecule has 2 unspecified atom stereocenters. The van der Waals surface area contributed by atoms with E-state index in [9.17, 15) is 4.79 Å². The summed E-state index contributed by atoms with van der Waals surface area (Å²) in [6.45, 7) is 1.78. The van der Waals surface area contributed by atoms with Gasteiger partial charge < -0.3 is 9.42 Å². The highest BCUT2D eigenvalue weighted by atomic mass is 35.5. The Morgan fingerprint density at radius 1 is 1.35 bits per heavy atom. The van der Waals surface area contributed by atoms with Crippen molar-refractivity contribution in [2.45, 2.75) is 38.3 Å². The van der Waals surface area contributed by atoms with E-state index in [0.717, 1.165) is 24.8 Å². The predicted octanol–water partition coefficient (Wildman–Crippen LogP) is 4.24. The third-order valence-electron chi connectivity index (χ3n) is 4.75. The van der Waals surface area contributed by atoms with Gasteiger partial charge in [0.25, 0.3) is 5.91 Å². The molecule has 0 radical (unpaired) electrons. The average Bonchev–Trinajstić information content (AvgIpc) is 3.04. The third kappa shape index (κ3) is 2.29. The van der Waals surface area contributed by atoms with Crippen LogP contribution in [-0.2, 0) is 0 Å². The SMILES string of the molecule is Cc1onc(-c2ccccc2Cl)c1C(=O)N1C2C=CCC1CC2. The summed E-state index contributed by atoms with van der Waals surface area (Å²) in [5.74, 6) is 0.536. The summed E-state index contributed by atoms with van der Waals surface area (Å²) in [5, 5.41) is 4.67. The second-order valence-corrected chi connectivity index (χ2v) is 6.52. The highest BCUT2D eigenvalue weighted by Gasteiger charge is 2.39. The van der Waals surface area contributed by atoms with Crippen molar-refractivity contribution < 1.29 is 9.32 Å². The van der Waals surface area contributed by atoms with E-state index in [1.54, 1.807) is 13.0 Å². The van der Waals surface area contributed by atoms with Crippen LogP contribution in [0.2, 0.25) is 5.02 Å². The van der Waals surface area contributed by atoms with Gasteiger partial charge in [0.2, 0.25) is 0 Å². The number of amides is 1. The van der Waals surface area contributed by atoms with Crippen molar-refractivity contribution in [2.24, 2.45) is 0 Å². The summed E-state index contributed by atoms with van der Waals surface area (Å²) in [4.78, 5) is 15.2. The average molecular weight is 329 g/mol. The zero-order chi connectivity index (χ0) is 16.0. The molecule has 1 fully saturated rings. The van der Waals surface area contributed by atoms with E-state index in [4.69, 9.17) is 16.1 Å². The fraction of sp³-hybridized carbons (Fsp3) is 0.333. The summed E-state index contributed by atoms with van der Waals surface area (Å²) in [6, 6.07) is 7.87. The normalized spacial score (nSPS) is 22.6. The number of fused-ring (bicyclic) bond motifs is 2. The Hall–Kier alpha value is -2.07. The first-order valence-electron chi connectivity index (χ1n) is 7.87. The monoisotopic (exact) mass is 328 g/mol. The molecule has 2 aromatic rings. The van der Waals surface area contributed by atoms with Crippen LogP contribution in [-0.4, -0.2) is 28.0 Å². The van der Waals surface area contributed by atoms with Gasteiger partial charge in [0, 0.05) is 11.6 Å². The highest BCUT2D eigenvalue weighted by Crippen LogP contribution is 2.37. The Balaban J connectivity index is 1.78. The van der Waals surface area contributed by atoms with Gasteiger partial charge in [-0.15, -0.1) is 0 Å². The first-order valence-corrected chi connectivity index (χ1v) is 8.25.